The predicted octanol–water partition coefficient (Wildman–Crippen LogP) is 4.16. The lowest BCUT2D eigenvalue weighted by Crippen LogP contribution is -2.39. The van der Waals surface area contributed by atoms with Gasteiger partial charge in [0.05, 0.1) is 30.5 Å². The molecule has 3 N–H and O–H groups in total. The van der Waals surface area contributed by atoms with Crippen molar-refractivity contribution in [1.29, 1.82) is 0 Å². The van der Waals surface area contributed by atoms with Crippen molar-refractivity contribution in [2.24, 2.45) is 5.73 Å². The summed E-state index contributed by atoms with van der Waals surface area (Å²) in [5.74, 6) is 0.699. The lowest BCUT2D eigenvalue weighted by atomic mass is 9.89. The molecule has 3 aromatic rings. The summed E-state index contributed by atoms with van der Waals surface area (Å²) < 4.78 is 7.45. The summed E-state index contributed by atoms with van der Waals surface area (Å²) in [7, 11) is 0. The monoisotopic (exact) mass is 531 g/mol. The van der Waals surface area contributed by atoms with Gasteiger partial charge in [-0.05, 0) is 94.4 Å². The van der Waals surface area contributed by atoms with Crippen LogP contribution in [0.3, 0.4) is 0 Å². The largest absolute Gasteiger partial charge is 0.444 e. The van der Waals surface area contributed by atoms with E-state index in [1.54, 1.807) is 11.1 Å². The van der Waals surface area contributed by atoms with E-state index in [1.165, 1.54) is 5.56 Å². The van der Waals surface area contributed by atoms with Gasteiger partial charge in [0.15, 0.2) is 0 Å². The average molecular weight is 532 g/mol. The maximum Gasteiger partial charge on any atom is 0.410 e. The molecule has 10 nitrogen and oxygen atoms in total. The summed E-state index contributed by atoms with van der Waals surface area (Å²) in [6, 6.07) is 12.4. The number of primary amides is 1. The number of nitrogens with two attached hydrogens (primary N) is 1. The van der Waals surface area contributed by atoms with Gasteiger partial charge in [0, 0.05) is 12.2 Å². The van der Waals surface area contributed by atoms with E-state index in [-0.39, 0.29) is 12.0 Å². The number of anilines is 2. The summed E-state index contributed by atoms with van der Waals surface area (Å²) in [5, 5.41) is 8.08. The van der Waals surface area contributed by atoms with Crippen LogP contribution < -0.4 is 11.1 Å². The first kappa shape index (κ1) is 26.7. The predicted molar refractivity (Wildman–Crippen MR) is 151 cm³/mol. The second-order valence-corrected chi connectivity index (χ2v) is 11.3. The fourth-order valence-corrected chi connectivity index (χ4v) is 5.23. The molecule has 1 fully saturated rings. The number of nitrogens with one attached hydrogen (secondary N) is 1. The van der Waals surface area contributed by atoms with Crippen LogP contribution in [-0.2, 0) is 9.53 Å². The van der Waals surface area contributed by atoms with Crippen molar-refractivity contribution in [3.63, 3.8) is 0 Å². The molecule has 0 unspecified atom stereocenters. The van der Waals surface area contributed by atoms with Gasteiger partial charge in [-0.15, -0.1) is 5.10 Å². The molecule has 0 saturated carbocycles. The summed E-state index contributed by atoms with van der Waals surface area (Å²) in [4.78, 5) is 32.2. The van der Waals surface area contributed by atoms with Crippen molar-refractivity contribution in [1.82, 2.24) is 24.4 Å². The first-order valence-corrected chi connectivity index (χ1v) is 13.5. The third kappa shape index (κ3) is 6.57. The number of fused-ring (bicyclic) bond motifs is 1. The zero-order chi connectivity index (χ0) is 27.6. The molecule has 4 heterocycles. The smallest absolute Gasteiger partial charge is 0.410 e. The van der Waals surface area contributed by atoms with Gasteiger partial charge in [-0.3, -0.25) is 9.69 Å². The number of rotatable bonds is 6. The standard InChI is InChI=1S/C29H37N7O3/c1-29(2,3)39-28(38)35-14-4-5-22(18-35)25-11-10-24-17-31-27(33-36(24)25)32-23-8-6-20(7-9-23)21-12-15-34(16-13-21)19-26(30)37/h5-11,17,21H,4,12-16,18-19H2,1-3H3,(H2,30,37)(H,32,33). The van der Waals surface area contributed by atoms with Crippen LogP contribution in [0.25, 0.3) is 11.1 Å². The Hall–Kier alpha value is -3.92. The molecule has 10 heteroatoms. The van der Waals surface area contributed by atoms with E-state index in [1.807, 2.05) is 37.4 Å². The molecule has 2 amide bonds. The normalized spacial score (nSPS) is 17.2. The minimum Gasteiger partial charge on any atom is -0.444 e. The lowest BCUT2D eigenvalue weighted by Gasteiger charge is -2.31. The number of hydrogen-bond acceptors (Lipinski definition) is 7. The highest BCUT2D eigenvalue weighted by atomic mass is 16.6. The average Bonchev–Trinajstić information content (AvgIpc) is 3.32. The minimum absolute atomic E-state index is 0.269. The molecule has 0 spiro atoms. The Bertz CT molecular complexity index is 1370. The van der Waals surface area contributed by atoms with Crippen LogP contribution in [0.1, 0.15) is 57.2 Å². The zero-order valence-electron chi connectivity index (χ0n) is 22.9. The van der Waals surface area contributed by atoms with Crippen molar-refractivity contribution in [2.45, 2.75) is 51.6 Å². The molecule has 1 aromatic carbocycles. The molecule has 0 radical (unpaired) electrons. The van der Waals surface area contributed by atoms with Gasteiger partial charge in [-0.1, -0.05) is 18.2 Å². The molecular weight excluding hydrogens is 494 g/mol. The van der Waals surface area contributed by atoms with Crippen molar-refractivity contribution in [2.75, 3.05) is 38.0 Å². The number of ether oxygens (including phenoxy) is 1. The number of hydrogen-bond donors (Lipinski definition) is 2. The molecule has 206 valence electrons. The van der Waals surface area contributed by atoms with E-state index in [4.69, 9.17) is 15.6 Å². The van der Waals surface area contributed by atoms with Crippen molar-refractivity contribution in [3.8, 4) is 0 Å². The van der Waals surface area contributed by atoms with Gasteiger partial charge in [0.1, 0.15) is 5.60 Å². The third-order valence-electron chi connectivity index (χ3n) is 7.14. The van der Waals surface area contributed by atoms with Crippen LogP contribution in [0.4, 0.5) is 16.4 Å². The second-order valence-electron chi connectivity index (χ2n) is 11.3. The van der Waals surface area contributed by atoms with Crippen LogP contribution in [0.5, 0.6) is 0 Å². The summed E-state index contributed by atoms with van der Waals surface area (Å²) in [6.07, 6.45) is 6.44. The fraction of sp³-hybridized carbons (Fsp3) is 0.448. The first-order valence-electron chi connectivity index (χ1n) is 13.5. The quantitative estimate of drug-likeness (QED) is 0.490. The Labute approximate surface area is 228 Å². The van der Waals surface area contributed by atoms with Gasteiger partial charge in [0.2, 0.25) is 11.9 Å². The van der Waals surface area contributed by atoms with Crippen molar-refractivity contribution in [3.05, 3.63) is 59.9 Å². The lowest BCUT2D eigenvalue weighted by molar-refractivity contribution is -0.119. The first-order chi connectivity index (χ1) is 18.6. The highest BCUT2D eigenvalue weighted by molar-refractivity contribution is 5.76. The number of aromatic nitrogens is 3. The SMILES string of the molecule is CC(C)(C)OC(=O)N1CCC=C(c2ccc3cnc(Nc4ccc(C5CCN(CC(N)=O)CC5)cc4)nn23)C1. The van der Waals surface area contributed by atoms with E-state index in [9.17, 15) is 9.59 Å². The van der Waals surface area contributed by atoms with Crippen molar-refractivity contribution >= 4 is 34.7 Å². The summed E-state index contributed by atoms with van der Waals surface area (Å²) in [6.45, 7) is 8.83. The van der Waals surface area contributed by atoms with Crippen LogP contribution in [0, 0.1) is 0 Å². The van der Waals surface area contributed by atoms with Gasteiger partial charge in [-0.25, -0.2) is 14.3 Å². The molecule has 5 rings (SSSR count). The number of likely N-dealkylation sites (tertiary alicyclic amines) is 1. The van der Waals surface area contributed by atoms with Crippen LogP contribution in [-0.4, -0.2) is 74.7 Å². The Morgan fingerprint density at radius 2 is 1.82 bits per heavy atom. The fourth-order valence-electron chi connectivity index (χ4n) is 5.23. The zero-order valence-corrected chi connectivity index (χ0v) is 22.9. The Kier molecular flexibility index (Phi) is 7.56. The number of amides is 2. The maximum atomic E-state index is 12.6. The van der Waals surface area contributed by atoms with E-state index in [0.29, 0.717) is 31.5 Å². The highest BCUT2D eigenvalue weighted by Gasteiger charge is 2.26. The topological polar surface area (TPSA) is 118 Å². The molecule has 0 bridgehead atoms. The molecular formula is C29H37N7O3. The Morgan fingerprint density at radius 3 is 2.51 bits per heavy atom. The third-order valence-corrected chi connectivity index (χ3v) is 7.14. The van der Waals surface area contributed by atoms with Gasteiger partial charge < -0.3 is 20.7 Å². The molecule has 39 heavy (non-hydrogen) atoms. The minimum atomic E-state index is -0.532. The number of benzene rings is 1. The molecule has 2 aliphatic heterocycles. The number of nitrogens with zero attached hydrogens (tertiary/aromatic N) is 5. The summed E-state index contributed by atoms with van der Waals surface area (Å²) in [5.41, 5.74) is 9.84. The van der Waals surface area contributed by atoms with Crippen LogP contribution in [0.15, 0.2) is 48.7 Å². The molecule has 0 aliphatic carbocycles. The van der Waals surface area contributed by atoms with E-state index < -0.39 is 5.60 Å². The number of carbonyl (C=O) groups is 2. The molecule has 2 aliphatic rings. The van der Waals surface area contributed by atoms with Crippen LogP contribution in [0.2, 0.25) is 0 Å². The van der Waals surface area contributed by atoms with E-state index in [2.05, 4.69) is 45.5 Å². The van der Waals surface area contributed by atoms with E-state index >= 15 is 0 Å². The Morgan fingerprint density at radius 1 is 1.08 bits per heavy atom. The molecule has 1 saturated heterocycles. The Balaban J connectivity index is 1.25. The van der Waals surface area contributed by atoms with Gasteiger partial charge in [0.25, 0.3) is 0 Å². The number of carbonyl (C=O) groups excluding carboxylic acids is 2. The van der Waals surface area contributed by atoms with Gasteiger partial charge in [-0.2, -0.15) is 0 Å². The molecule has 0 atom stereocenters. The van der Waals surface area contributed by atoms with Crippen LogP contribution >= 0.6 is 0 Å². The number of piperidine rings is 1. The molecule has 2 aromatic heterocycles. The summed E-state index contributed by atoms with van der Waals surface area (Å²) >= 11 is 0. The van der Waals surface area contributed by atoms with E-state index in [0.717, 1.165) is 54.8 Å². The van der Waals surface area contributed by atoms with Gasteiger partial charge >= 0.3 is 6.09 Å². The maximum absolute atomic E-state index is 12.6. The van der Waals surface area contributed by atoms with Crippen molar-refractivity contribution < 1.29 is 14.3 Å². The highest BCUT2D eigenvalue weighted by Crippen LogP contribution is 2.29. The second kappa shape index (κ2) is 11.1.